The summed E-state index contributed by atoms with van der Waals surface area (Å²) in [6, 6.07) is 15.1. The van der Waals surface area contributed by atoms with Crippen molar-refractivity contribution in [2.24, 2.45) is 7.05 Å². The monoisotopic (exact) mass is 280 g/mol. The van der Waals surface area contributed by atoms with E-state index in [1.807, 2.05) is 55.6 Å². The number of carbonyl (C=O) groups is 1. The van der Waals surface area contributed by atoms with Crippen molar-refractivity contribution >= 4 is 28.3 Å². The largest absolute Gasteiger partial charge is 0.399 e. The highest BCUT2D eigenvalue weighted by molar-refractivity contribution is 6.01. The molecule has 2 aromatic carbocycles. The molecule has 0 radical (unpaired) electrons. The first-order valence-electron chi connectivity index (χ1n) is 6.69. The van der Waals surface area contributed by atoms with E-state index in [4.69, 9.17) is 5.73 Å². The van der Waals surface area contributed by atoms with Crippen molar-refractivity contribution < 1.29 is 4.79 Å². The lowest BCUT2D eigenvalue weighted by atomic mass is 10.1. The summed E-state index contributed by atoms with van der Waals surface area (Å²) in [7, 11) is 1.84. The molecule has 0 fully saturated rings. The Morgan fingerprint density at radius 2 is 2.00 bits per heavy atom. The number of benzene rings is 2. The van der Waals surface area contributed by atoms with Gasteiger partial charge in [0.05, 0.1) is 11.9 Å². The van der Waals surface area contributed by atoms with Gasteiger partial charge in [-0.2, -0.15) is 5.10 Å². The molecule has 0 atom stereocenters. The summed E-state index contributed by atoms with van der Waals surface area (Å²) >= 11 is 0. The highest BCUT2D eigenvalue weighted by atomic mass is 16.1. The number of amides is 1. The van der Waals surface area contributed by atoms with Gasteiger partial charge in [0, 0.05) is 18.1 Å². The lowest BCUT2D eigenvalue weighted by molar-refractivity contribution is -0.115. The van der Waals surface area contributed by atoms with Crippen LogP contribution in [0.25, 0.3) is 10.9 Å². The van der Waals surface area contributed by atoms with Crippen LogP contribution in [0.15, 0.2) is 48.5 Å². The van der Waals surface area contributed by atoms with Crippen molar-refractivity contribution in [2.45, 2.75) is 6.42 Å². The van der Waals surface area contributed by atoms with Gasteiger partial charge in [-0.25, -0.2) is 0 Å². The minimum absolute atomic E-state index is 0.0939. The van der Waals surface area contributed by atoms with Crippen molar-refractivity contribution in [1.82, 2.24) is 9.78 Å². The van der Waals surface area contributed by atoms with Crippen LogP contribution in [-0.4, -0.2) is 15.7 Å². The fraction of sp³-hybridized carbons (Fsp3) is 0.125. The molecular formula is C16H16N4O. The minimum atomic E-state index is -0.0939. The third-order valence-corrected chi connectivity index (χ3v) is 3.34. The first kappa shape index (κ1) is 13.2. The number of hydrogen-bond acceptors (Lipinski definition) is 3. The maximum absolute atomic E-state index is 12.1. The molecule has 3 aromatic rings. The Labute approximate surface area is 122 Å². The number of nitrogens with one attached hydrogen (secondary N) is 1. The van der Waals surface area contributed by atoms with E-state index in [2.05, 4.69) is 10.4 Å². The zero-order valence-corrected chi connectivity index (χ0v) is 11.7. The first-order chi connectivity index (χ1) is 10.1. The predicted octanol–water partition coefficient (Wildman–Crippen LogP) is 2.34. The molecular weight excluding hydrogens is 264 g/mol. The Balaban J connectivity index is 1.85. The molecule has 1 amide bonds. The molecule has 0 aliphatic heterocycles. The van der Waals surface area contributed by atoms with Crippen LogP contribution < -0.4 is 11.1 Å². The smallest absolute Gasteiger partial charge is 0.230 e. The Morgan fingerprint density at radius 1 is 1.24 bits per heavy atom. The van der Waals surface area contributed by atoms with Crippen LogP contribution in [0, 0.1) is 0 Å². The van der Waals surface area contributed by atoms with Gasteiger partial charge in [-0.3, -0.25) is 9.48 Å². The second-order valence-electron chi connectivity index (χ2n) is 4.96. The molecule has 1 aromatic heterocycles. The average Bonchev–Trinajstić information content (AvgIpc) is 2.75. The fourth-order valence-corrected chi connectivity index (χ4v) is 2.33. The Hall–Kier alpha value is -2.82. The molecule has 21 heavy (non-hydrogen) atoms. The number of nitrogen functional groups attached to an aromatic ring is 1. The number of rotatable bonds is 3. The van der Waals surface area contributed by atoms with E-state index in [9.17, 15) is 4.79 Å². The van der Waals surface area contributed by atoms with Crippen molar-refractivity contribution in [3.05, 3.63) is 54.1 Å². The van der Waals surface area contributed by atoms with Crippen LogP contribution in [0.4, 0.5) is 11.5 Å². The van der Waals surface area contributed by atoms with Crippen LogP contribution in [-0.2, 0) is 18.3 Å². The van der Waals surface area contributed by atoms with E-state index >= 15 is 0 Å². The summed E-state index contributed by atoms with van der Waals surface area (Å²) in [5.41, 5.74) is 8.35. The van der Waals surface area contributed by atoms with E-state index in [0.29, 0.717) is 17.9 Å². The highest BCUT2D eigenvalue weighted by Crippen LogP contribution is 2.24. The number of aromatic nitrogens is 2. The molecule has 3 N–H and O–H groups in total. The van der Waals surface area contributed by atoms with Gasteiger partial charge in [-0.05, 0) is 23.8 Å². The molecule has 106 valence electrons. The minimum Gasteiger partial charge on any atom is -0.399 e. The molecule has 0 aliphatic rings. The van der Waals surface area contributed by atoms with Gasteiger partial charge < -0.3 is 11.1 Å². The number of hydrogen-bond donors (Lipinski definition) is 2. The molecule has 0 spiro atoms. The third-order valence-electron chi connectivity index (χ3n) is 3.34. The average molecular weight is 280 g/mol. The zero-order chi connectivity index (χ0) is 14.8. The van der Waals surface area contributed by atoms with Crippen LogP contribution in [0.5, 0.6) is 0 Å². The summed E-state index contributed by atoms with van der Waals surface area (Å²) in [5, 5.41) is 8.04. The standard InChI is InChI=1S/C16H16N4O/c1-20-14-8-7-12(17)10-13(14)16(19-20)18-15(21)9-11-5-3-2-4-6-11/h2-8,10H,9,17H2,1H3,(H,18,19,21). The Bertz CT molecular complexity index is 793. The summed E-state index contributed by atoms with van der Waals surface area (Å²) in [6.07, 6.45) is 0.321. The zero-order valence-electron chi connectivity index (χ0n) is 11.7. The number of aryl methyl sites for hydroxylation is 1. The van der Waals surface area contributed by atoms with Gasteiger partial charge in [-0.15, -0.1) is 0 Å². The molecule has 1 heterocycles. The van der Waals surface area contributed by atoms with Crippen LogP contribution in [0.1, 0.15) is 5.56 Å². The van der Waals surface area contributed by atoms with E-state index < -0.39 is 0 Å². The number of carbonyl (C=O) groups excluding carboxylic acids is 1. The molecule has 0 unspecified atom stereocenters. The number of nitrogens with zero attached hydrogens (tertiary/aromatic N) is 2. The van der Waals surface area contributed by atoms with Gasteiger partial charge >= 0.3 is 0 Å². The predicted molar refractivity (Wildman–Crippen MR) is 83.9 cm³/mol. The van der Waals surface area contributed by atoms with Crippen molar-refractivity contribution in [1.29, 1.82) is 0 Å². The lowest BCUT2D eigenvalue weighted by Crippen LogP contribution is -2.15. The molecule has 5 heteroatoms. The van der Waals surface area contributed by atoms with Crippen molar-refractivity contribution in [3.8, 4) is 0 Å². The molecule has 3 rings (SSSR count). The maximum Gasteiger partial charge on any atom is 0.230 e. The third kappa shape index (κ3) is 2.72. The molecule has 5 nitrogen and oxygen atoms in total. The molecule has 0 saturated heterocycles. The van der Waals surface area contributed by atoms with Gasteiger partial charge in [0.25, 0.3) is 0 Å². The topological polar surface area (TPSA) is 72.9 Å². The second kappa shape index (κ2) is 5.28. The second-order valence-corrected chi connectivity index (χ2v) is 4.96. The lowest BCUT2D eigenvalue weighted by Gasteiger charge is -2.03. The van der Waals surface area contributed by atoms with E-state index in [-0.39, 0.29) is 5.91 Å². The van der Waals surface area contributed by atoms with Crippen LogP contribution in [0.2, 0.25) is 0 Å². The number of anilines is 2. The van der Waals surface area contributed by atoms with Gasteiger partial charge in [0.2, 0.25) is 5.91 Å². The van der Waals surface area contributed by atoms with Gasteiger partial charge in [0.15, 0.2) is 5.82 Å². The molecule has 0 saturated carbocycles. The van der Waals surface area contributed by atoms with Crippen LogP contribution >= 0.6 is 0 Å². The summed E-state index contributed by atoms with van der Waals surface area (Å²) < 4.78 is 1.73. The first-order valence-corrected chi connectivity index (χ1v) is 6.69. The van der Waals surface area contributed by atoms with E-state index in [0.717, 1.165) is 16.5 Å². The Morgan fingerprint density at radius 3 is 2.76 bits per heavy atom. The highest BCUT2D eigenvalue weighted by Gasteiger charge is 2.12. The summed E-state index contributed by atoms with van der Waals surface area (Å²) in [4.78, 5) is 12.1. The molecule has 0 aliphatic carbocycles. The van der Waals surface area contributed by atoms with Gasteiger partial charge in [0.1, 0.15) is 0 Å². The van der Waals surface area contributed by atoms with E-state index in [1.54, 1.807) is 4.68 Å². The maximum atomic E-state index is 12.1. The normalized spacial score (nSPS) is 10.7. The number of nitrogens with two attached hydrogens (primary N) is 1. The SMILES string of the molecule is Cn1nc(NC(=O)Cc2ccccc2)c2cc(N)ccc21. The number of fused-ring (bicyclic) bond motifs is 1. The van der Waals surface area contributed by atoms with E-state index in [1.165, 1.54) is 0 Å². The summed E-state index contributed by atoms with van der Waals surface area (Å²) in [5.74, 6) is 0.448. The van der Waals surface area contributed by atoms with Crippen molar-refractivity contribution in [2.75, 3.05) is 11.1 Å². The van der Waals surface area contributed by atoms with Crippen LogP contribution in [0.3, 0.4) is 0 Å². The quantitative estimate of drug-likeness (QED) is 0.723. The fourth-order valence-electron chi connectivity index (χ4n) is 2.33. The molecule has 0 bridgehead atoms. The van der Waals surface area contributed by atoms with Crippen molar-refractivity contribution in [3.63, 3.8) is 0 Å². The summed E-state index contributed by atoms with van der Waals surface area (Å²) in [6.45, 7) is 0. The van der Waals surface area contributed by atoms with Gasteiger partial charge in [-0.1, -0.05) is 30.3 Å². The Kier molecular flexibility index (Phi) is 3.31.